The lowest BCUT2D eigenvalue weighted by Crippen LogP contribution is -2.16. The van der Waals surface area contributed by atoms with Crippen LogP contribution in [0.15, 0.2) is 36.4 Å². The summed E-state index contributed by atoms with van der Waals surface area (Å²) in [6.45, 7) is 0. The lowest BCUT2D eigenvalue weighted by molar-refractivity contribution is 0.914. The zero-order valence-corrected chi connectivity index (χ0v) is 17.2. The molecule has 0 bridgehead atoms. The molecule has 0 fully saturated rings. The molecule has 118 valence electrons. The Balaban J connectivity index is 2.50. The molecule has 0 amide bonds. The van der Waals surface area contributed by atoms with Crippen molar-refractivity contribution in [3.63, 3.8) is 0 Å². The van der Waals surface area contributed by atoms with E-state index in [1.807, 2.05) is 12.1 Å². The molecule has 2 rings (SSSR count). The predicted octanol–water partition coefficient (Wildman–Crippen LogP) is 8.09. The van der Waals surface area contributed by atoms with Crippen LogP contribution in [-0.4, -0.2) is 6.00 Å². The maximum atomic E-state index is 6.12. The van der Waals surface area contributed by atoms with Gasteiger partial charge in [-0.25, -0.2) is 0 Å². The van der Waals surface area contributed by atoms with Gasteiger partial charge in [-0.3, -0.25) is 0 Å². The molecule has 0 aliphatic rings. The minimum absolute atomic E-state index is 0.149. The van der Waals surface area contributed by atoms with E-state index in [4.69, 9.17) is 79.6 Å². The van der Waals surface area contributed by atoms with Crippen LogP contribution in [0.5, 0.6) is 0 Å². The van der Waals surface area contributed by atoms with Gasteiger partial charge in [-0.2, -0.15) is 0 Å². The molecule has 2 aromatic rings. The standard InChI is InChI=1S/C14H9Cl7Si/c15-11-3-1-8(5-13(11)17)10(7-22(19,20)21)9-2-4-12(16)14(18)6-9/h1-6,10H,7H2. The molecule has 0 aliphatic heterocycles. The van der Waals surface area contributed by atoms with Crippen molar-refractivity contribution in [2.75, 3.05) is 0 Å². The van der Waals surface area contributed by atoms with Crippen LogP contribution in [0.4, 0.5) is 0 Å². The van der Waals surface area contributed by atoms with E-state index >= 15 is 0 Å². The molecule has 8 heteroatoms. The fourth-order valence-corrected chi connectivity index (χ4v) is 5.05. The van der Waals surface area contributed by atoms with Crippen molar-refractivity contribution in [1.29, 1.82) is 0 Å². The van der Waals surface area contributed by atoms with Gasteiger partial charge in [0.05, 0.1) is 20.1 Å². The van der Waals surface area contributed by atoms with E-state index in [9.17, 15) is 0 Å². The van der Waals surface area contributed by atoms with E-state index in [0.29, 0.717) is 26.1 Å². The molecule has 0 aromatic heterocycles. The van der Waals surface area contributed by atoms with Crippen molar-refractivity contribution in [3.8, 4) is 0 Å². The first-order valence-corrected chi connectivity index (χ1v) is 12.9. The molecule has 0 atom stereocenters. The van der Waals surface area contributed by atoms with Gasteiger partial charge in [-0.05, 0) is 41.4 Å². The zero-order chi connectivity index (χ0) is 16.5. The van der Waals surface area contributed by atoms with E-state index in [0.717, 1.165) is 11.1 Å². The number of hydrogen-bond acceptors (Lipinski definition) is 0. The zero-order valence-electron chi connectivity index (χ0n) is 10.9. The summed E-state index contributed by atoms with van der Waals surface area (Å²) >= 11 is 42.5. The first-order chi connectivity index (χ1) is 10.2. The monoisotopic (exact) mass is 450 g/mol. The van der Waals surface area contributed by atoms with Gasteiger partial charge in [-0.1, -0.05) is 58.5 Å². The Morgan fingerprint density at radius 3 is 1.41 bits per heavy atom. The maximum absolute atomic E-state index is 6.12. The molecule has 0 aliphatic carbocycles. The average molecular weight is 453 g/mol. The van der Waals surface area contributed by atoms with Crippen molar-refractivity contribution in [2.24, 2.45) is 0 Å². The Hall–Kier alpha value is 0.687. The van der Waals surface area contributed by atoms with Gasteiger partial charge in [-0.15, -0.1) is 33.2 Å². The largest absolute Gasteiger partial charge is 0.342 e. The molecule has 0 heterocycles. The van der Waals surface area contributed by atoms with E-state index in [1.165, 1.54) is 0 Å². The minimum Gasteiger partial charge on any atom is -0.126 e. The van der Waals surface area contributed by atoms with Crippen LogP contribution < -0.4 is 0 Å². The molecular formula is C14H9Cl7Si. The molecule has 0 saturated carbocycles. The fourth-order valence-electron chi connectivity index (χ4n) is 2.12. The van der Waals surface area contributed by atoms with Crippen molar-refractivity contribution in [3.05, 3.63) is 67.6 Å². The van der Waals surface area contributed by atoms with Gasteiger partial charge in [0.1, 0.15) is 0 Å². The normalized spacial score (nSPS) is 12.0. The third kappa shape index (κ3) is 5.09. The van der Waals surface area contributed by atoms with Gasteiger partial charge in [0.2, 0.25) is 0 Å². The van der Waals surface area contributed by atoms with E-state index in [2.05, 4.69) is 0 Å². The highest BCUT2D eigenvalue weighted by molar-refractivity contribution is 7.64. The molecule has 0 saturated heterocycles. The lowest BCUT2D eigenvalue weighted by atomic mass is 9.93. The summed E-state index contributed by atoms with van der Waals surface area (Å²) in [7, 11) is 0. The Labute approximate surface area is 164 Å². The first kappa shape index (κ1) is 19.0. The maximum Gasteiger partial charge on any atom is 0.342 e. The molecule has 2 aromatic carbocycles. The van der Waals surface area contributed by atoms with Gasteiger partial charge >= 0.3 is 6.00 Å². The summed E-state index contributed by atoms with van der Waals surface area (Å²) in [6, 6.07) is 8.26. The number of rotatable bonds is 4. The van der Waals surface area contributed by atoms with Crippen LogP contribution in [0.2, 0.25) is 26.1 Å². The van der Waals surface area contributed by atoms with Crippen LogP contribution in [0, 0.1) is 0 Å². The third-order valence-corrected chi connectivity index (χ3v) is 6.87. The average Bonchev–Trinajstić information content (AvgIpc) is 2.41. The van der Waals surface area contributed by atoms with Crippen molar-refractivity contribution >= 4 is 85.6 Å². The smallest absolute Gasteiger partial charge is 0.126 e. The highest BCUT2D eigenvalue weighted by Crippen LogP contribution is 2.41. The van der Waals surface area contributed by atoms with Crippen LogP contribution in [0.3, 0.4) is 0 Å². The second-order valence-electron chi connectivity index (χ2n) is 4.72. The van der Waals surface area contributed by atoms with Gasteiger partial charge < -0.3 is 0 Å². The number of halogens is 7. The van der Waals surface area contributed by atoms with Crippen LogP contribution >= 0.6 is 79.6 Å². The predicted molar refractivity (Wildman–Crippen MR) is 103 cm³/mol. The van der Waals surface area contributed by atoms with Crippen molar-refractivity contribution in [1.82, 2.24) is 0 Å². The van der Waals surface area contributed by atoms with Gasteiger partial charge in [0.25, 0.3) is 0 Å². The van der Waals surface area contributed by atoms with Crippen molar-refractivity contribution < 1.29 is 0 Å². The van der Waals surface area contributed by atoms with Crippen LogP contribution in [0.1, 0.15) is 17.0 Å². The molecular weight excluding hydrogens is 444 g/mol. The van der Waals surface area contributed by atoms with Gasteiger partial charge in [0, 0.05) is 5.92 Å². The summed E-state index contributed by atoms with van der Waals surface area (Å²) in [5, 5.41) is 1.86. The Kier molecular flexibility index (Phi) is 6.67. The molecule has 0 radical (unpaired) electrons. The minimum atomic E-state index is -2.88. The molecule has 0 nitrogen and oxygen atoms in total. The highest BCUT2D eigenvalue weighted by atomic mass is 35.8. The highest BCUT2D eigenvalue weighted by Gasteiger charge is 2.31. The number of benzene rings is 2. The Morgan fingerprint density at radius 2 is 1.09 bits per heavy atom. The van der Waals surface area contributed by atoms with Gasteiger partial charge in [0.15, 0.2) is 0 Å². The second kappa shape index (κ2) is 7.71. The van der Waals surface area contributed by atoms with Crippen LogP contribution in [0.25, 0.3) is 0 Å². The quantitative estimate of drug-likeness (QED) is 0.324. The molecule has 0 unspecified atom stereocenters. The third-order valence-electron chi connectivity index (χ3n) is 3.13. The molecule has 0 N–H and O–H groups in total. The summed E-state index contributed by atoms with van der Waals surface area (Å²) in [4.78, 5) is 0. The molecule has 0 spiro atoms. The summed E-state index contributed by atoms with van der Waals surface area (Å²) in [6.07, 6.45) is 0. The Morgan fingerprint density at radius 1 is 0.682 bits per heavy atom. The molecule has 22 heavy (non-hydrogen) atoms. The first-order valence-electron chi connectivity index (χ1n) is 6.14. The summed E-state index contributed by atoms with van der Waals surface area (Å²) < 4.78 is 0. The number of hydrogen-bond donors (Lipinski definition) is 0. The summed E-state index contributed by atoms with van der Waals surface area (Å²) in [5.41, 5.74) is 1.82. The topological polar surface area (TPSA) is 0 Å². The van der Waals surface area contributed by atoms with E-state index < -0.39 is 6.00 Å². The second-order valence-corrected chi connectivity index (χ2v) is 15.5. The van der Waals surface area contributed by atoms with Crippen molar-refractivity contribution in [2.45, 2.75) is 12.0 Å². The Bertz CT molecular complexity index is 630. The van der Waals surface area contributed by atoms with E-state index in [1.54, 1.807) is 24.3 Å². The lowest BCUT2D eigenvalue weighted by Gasteiger charge is -2.22. The SMILES string of the molecule is Clc1ccc(C(C[Si](Cl)(Cl)Cl)c2ccc(Cl)c(Cl)c2)cc1Cl. The van der Waals surface area contributed by atoms with E-state index in [-0.39, 0.29) is 5.92 Å². The van der Waals surface area contributed by atoms with Crippen LogP contribution in [-0.2, 0) is 0 Å². The summed E-state index contributed by atoms with van der Waals surface area (Å²) in [5.74, 6) is -0.149. The fraction of sp³-hybridized carbons (Fsp3) is 0.143.